The number of carbonyl (C=O) groups excluding carboxylic acids is 1. The van der Waals surface area contributed by atoms with Crippen molar-refractivity contribution in [3.63, 3.8) is 0 Å². The van der Waals surface area contributed by atoms with E-state index < -0.39 is 0 Å². The fourth-order valence-electron chi connectivity index (χ4n) is 4.32. The molecule has 2 aliphatic rings. The zero-order chi connectivity index (χ0) is 16.3. The summed E-state index contributed by atoms with van der Waals surface area (Å²) in [5.74, 6) is 0.357. The van der Waals surface area contributed by atoms with Crippen LogP contribution < -0.4 is 12.4 Å². The minimum Gasteiger partial charge on any atom is -1.00 e. The first-order valence-electron chi connectivity index (χ1n) is 9.16. The number of hydrogen-bond donors (Lipinski definition) is 0. The maximum Gasteiger partial charge on any atom is 0.317 e. The molecule has 1 aromatic rings. The van der Waals surface area contributed by atoms with Crippen LogP contribution in [0.25, 0.3) is 0 Å². The molecule has 1 saturated carbocycles. The molecule has 3 nitrogen and oxygen atoms in total. The van der Waals surface area contributed by atoms with Gasteiger partial charge in [-0.05, 0) is 31.2 Å². The van der Waals surface area contributed by atoms with E-state index in [1.807, 2.05) is 18.2 Å². The average molecular weight is 352 g/mol. The summed E-state index contributed by atoms with van der Waals surface area (Å²) in [6.07, 6.45) is 7.26. The summed E-state index contributed by atoms with van der Waals surface area (Å²) in [6, 6.07) is 10.8. The second kappa shape index (κ2) is 8.35. The van der Waals surface area contributed by atoms with Crippen molar-refractivity contribution in [3.05, 3.63) is 35.9 Å². The third-order valence-corrected chi connectivity index (χ3v) is 6.14. The first-order valence-corrected chi connectivity index (χ1v) is 9.16. The van der Waals surface area contributed by atoms with E-state index in [0.717, 1.165) is 29.4 Å². The molecule has 3 unspecified atom stereocenters. The number of likely N-dealkylation sites (tertiary alicyclic amines) is 1. The Morgan fingerprint density at radius 1 is 1.17 bits per heavy atom. The second-order valence-electron chi connectivity index (χ2n) is 7.72. The Kier molecular flexibility index (Phi) is 6.70. The third-order valence-electron chi connectivity index (χ3n) is 6.14. The molecule has 1 aliphatic heterocycles. The topological polar surface area (TPSA) is 26.3 Å². The summed E-state index contributed by atoms with van der Waals surface area (Å²) in [4.78, 5) is 12.9. The van der Waals surface area contributed by atoms with Crippen molar-refractivity contribution in [2.24, 2.45) is 5.92 Å². The Labute approximate surface area is 152 Å². The fraction of sp³-hybridized carbons (Fsp3) is 0.650. The van der Waals surface area contributed by atoms with E-state index in [0.29, 0.717) is 18.7 Å². The van der Waals surface area contributed by atoms with Crippen molar-refractivity contribution in [2.75, 3.05) is 20.3 Å². The summed E-state index contributed by atoms with van der Waals surface area (Å²) < 4.78 is 6.73. The van der Waals surface area contributed by atoms with Crippen LogP contribution in [0.2, 0.25) is 0 Å². The molecule has 3 rings (SSSR count). The van der Waals surface area contributed by atoms with E-state index in [4.69, 9.17) is 4.74 Å². The largest absolute Gasteiger partial charge is 1.00 e. The summed E-state index contributed by atoms with van der Waals surface area (Å²) >= 11 is 0. The first-order chi connectivity index (χ1) is 11.1. The highest BCUT2D eigenvalue weighted by atomic mass is 35.5. The van der Waals surface area contributed by atoms with Crippen molar-refractivity contribution in [1.29, 1.82) is 0 Å². The van der Waals surface area contributed by atoms with Gasteiger partial charge in [0, 0.05) is 12.8 Å². The van der Waals surface area contributed by atoms with Crippen LogP contribution in [0.3, 0.4) is 0 Å². The Hall–Kier alpha value is -1.06. The van der Waals surface area contributed by atoms with Gasteiger partial charge in [0.05, 0.1) is 25.6 Å². The van der Waals surface area contributed by atoms with Crippen LogP contribution in [0, 0.1) is 5.92 Å². The molecule has 1 aromatic carbocycles. The number of carbonyl (C=O) groups is 1. The summed E-state index contributed by atoms with van der Waals surface area (Å²) in [6.45, 7) is 3.91. The zero-order valence-corrected chi connectivity index (χ0v) is 15.7. The lowest BCUT2D eigenvalue weighted by Crippen LogP contribution is -3.00. The summed E-state index contributed by atoms with van der Waals surface area (Å²) in [5, 5.41) is 0. The maximum absolute atomic E-state index is 12.9. The maximum atomic E-state index is 12.9. The molecule has 2 fully saturated rings. The highest BCUT2D eigenvalue weighted by molar-refractivity contribution is 5.78. The number of halogens is 1. The molecule has 0 amide bonds. The van der Waals surface area contributed by atoms with Crippen molar-refractivity contribution < 1.29 is 26.4 Å². The predicted octanol–water partition coefficient (Wildman–Crippen LogP) is 1.09. The van der Waals surface area contributed by atoms with Gasteiger partial charge in [0.1, 0.15) is 0 Å². The normalized spacial score (nSPS) is 28.3. The van der Waals surface area contributed by atoms with Gasteiger partial charge in [-0.1, -0.05) is 43.2 Å². The minimum atomic E-state index is -0.0804. The Bertz CT molecular complexity index is 530. The van der Waals surface area contributed by atoms with Gasteiger partial charge in [-0.15, -0.1) is 0 Å². The first kappa shape index (κ1) is 19.3. The van der Waals surface area contributed by atoms with Crippen LogP contribution in [0.4, 0.5) is 0 Å². The minimum absolute atomic E-state index is 0. The molecule has 0 bridgehead atoms. The third kappa shape index (κ3) is 4.12. The Morgan fingerprint density at radius 3 is 2.42 bits per heavy atom. The molecule has 0 aromatic heterocycles. The highest BCUT2D eigenvalue weighted by Crippen LogP contribution is 2.38. The highest BCUT2D eigenvalue weighted by Gasteiger charge is 2.38. The van der Waals surface area contributed by atoms with Gasteiger partial charge >= 0.3 is 5.97 Å². The van der Waals surface area contributed by atoms with Gasteiger partial charge in [-0.2, -0.15) is 0 Å². The zero-order valence-electron chi connectivity index (χ0n) is 14.9. The average Bonchev–Trinajstić information content (AvgIpc) is 3.18. The predicted molar refractivity (Wildman–Crippen MR) is 91.8 cm³/mol. The molecule has 0 radical (unpaired) electrons. The number of hydrogen-bond acceptors (Lipinski definition) is 2. The van der Waals surface area contributed by atoms with Crippen LogP contribution >= 0.6 is 0 Å². The van der Waals surface area contributed by atoms with Gasteiger partial charge in [-0.3, -0.25) is 9.28 Å². The molecule has 3 atom stereocenters. The van der Waals surface area contributed by atoms with Gasteiger partial charge in [0.2, 0.25) is 6.73 Å². The van der Waals surface area contributed by atoms with Crippen LogP contribution in [0.15, 0.2) is 30.3 Å². The molecular weight excluding hydrogens is 322 g/mol. The van der Waals surface area contributed by atoms with E-state index in [1.165, 1.54) is 25.7 Å². The molecule has 1 saturated heterocycles. The molecule has 1 aliphatic carbocycles. The van der Waals surface area contributed by atoms with Crippen LogP contribution in [-0.2, 0) is 9.53 Å². The molecule has 0 N–H and O–H groups in total. The van der Waals surface area contributed by atoms with Crippen molar-refractivity contribution in [1.82, 2.24) is 0 Å². The van der Waals surface area contributed by atoms with E-state index in [2.05, 4.69) is 26.1 Å². The van der Waals surface area contributed by atoms with Crippen molar-refractivity contribution in [2.45, 2.75) is 57.4 Å². The standard InChI is InChI=1S/C20H30NO2.ClH/c1-16-9-8-14-21(16,2)15-23-20(22)19(18-12-6-7-13-18)17-10-4-3-5-11-17;/h3-5,10-11,16,18-19H,6-9,12-15H2,1-2H3;1H/q+1;/p-1. The summed E-state index contributed by atoms with van der Waals surface area (Å²) in [7, 11) is 2.22. The quantitative estimate of drug-likeness (QED) is 0.586. The van der Waals surface area contributed by atoms with Gasteiger partial charge < -0.3 is 17.1 Å². The SMILES string of the molecule is CC1CCC[N+]1(C)COC(=O)C(c1ccccc1)C1CCCC1.[Cl-]. The van der Waals surface area contributed by atoms with Crippen LogP contribution in [-0.4, -0.2) is 36.8 Å². The lowest BCUT2D eigenvalue weighted by Gasteiger charge is -2.34. The monoisotopic (exact) mass is 351 g/mol. The number of ether oxygens (including phenoxy) is 1. The number of nitrogens with zero attached hydrogens (tertiary/aromatic N) is 1. The lowest BCUT2D eigenvalue weighted by molar-refractivity contribution is -0.935. The molecular formula is C20H30ClNO2. The van der Waals surface area contributed by atoms with Gasteiger partial charge in [-0.25, -0.2) is 0 Å². The van der Waals surface area contributed by atoms with Crippen molar-refractivity contribution in [3.8, 4) is 0 Å². The van der Waals surface area contributed by atoms with E-state index >= 15 is 0 Å². The number of rotatable bonds is 5. The van der Waals surface area contributed by atoms with E-state index in [1.54, 1.807) is 0 Å². The summed E-state index contributed by atoms with van der Waals surface area (Å²) in [5.41, 5.74) is 1.13. The van der Waals surface area contributed by atoms with E-state index in [-0.39, 0.29) is 24.3 Å². The second-order valence-corrected chi connectivity index (χ2v) is 7.72. The van der Waals surface area contributed by atoms with Crippen LogP contribution in [0.5, 0.6) is 0 Å². The molecule has 1 heterocycles. The smallest absolute Gasteiger partial charge is 0.317 e. The Balaban J connectivity index is 0.00000208. The molecule has 0 spiro atoms. The number of benzene rings is 1. The van der Waals surface area contributed by atoms with Crippen molar-refractivity contribution >= 4 is 5.97 Å². The molecule has 134 valence electrons. The molecule has 24 heavy (non-hydrogen) atoms. The molecule has 4 heteroatoms. The van der Waals surface area contributed by atoms with E-state index in [9.17, 15) is 4.79 Å². The fourth-order valence-corrected chi connectivity index (χ4v) is 4.32. The van der Waals surface area contributed by atoms with Gasteiger partial charge in [0.15, 0.2) is 0 Å². The Morgan fingerprint density at radius 2 is 1.83 bits per heavy atom. The van der Waals surface area contributed by atoms with Gasteiger partial charge in [0.25, 0.3) is 0 Å². The number of quaternary nitrogens is 1. The van der Waals surface area contributed by atoms with Crippen LogP contribution in [0.1, 0.15) is 56.9 Å². The lowest BCUT2D eigenvalue weighted by atomic mass is 9.85. The number of esters is 1.